The van der Waals surface area contributed by atoms with Gasteiger partial charge < -0.3 is 0 Å². The maximum atomic E-state index is 4.19. The molecule has 1 aliphatic carbocycles. The van der Waals surface area contributed by atoms with Crippen LogP contribution < -0.4 is 0 Å². The van der Waals surface area contributed by atoms with Gasteiger partial charge in [0, 0.05) is 12.4 Å². The molecule has 0 fully saturated rings. The first-order valence-electron chi connectivity index (χ1n) is 6.11. The molecule has 0 N–H and O–H groups in total. The fourth-order valence-corrected chi connectivity index (χ4v) is 2.22. The van der Waals surface area contributed by atoms with Crippen molar-refractivity contribution in [3.8, 4) is 0 Å². The van der Waals surface area contributed by atoms with Crippen molar-refractivity contribution in [1.29, 1.82) is 0 Å². The monoisotopic (exact) mass is 213 g/mol. The van der Waals surface area contributed by atoms with Gasteiger partial charge in [-0.25, -0.2) is 0 Å². The molecule has 0 atom stereocenters. The van der Waals surface area contributed by atoms with Gasteiger partial charge in [0.1, 0.15) is 0 Å². The molecule has 1 aromatic rings. The van der Waals surface area contributed by atoms with Crippen molar-refractivity contribution in [2.75, 3.05) is 0 Å². The van der Waals surface area contributed by atoms with Crippen LogP contribution in [0.3, 0.4) is 0 Å². The van der Waals surface area contributed by atoms with Gasteiger partial charge in [-0.15, -0.1) is 0 Å². The minimum absolute atomic E-state index is 1.16. The second-order valence-corrected chi connectivity index (χ2v) is 4.47. The van der Waals surface area contributed by atoms with E-state index < -0.39 is 0 Å². The average molecular weight is 213 g/mol. The van der Waals surface area contributed by atoms with Gasteiger partial charge >= 0.3 is 0 Å². The summed E-state index contributed by atoms with van der Waals surface area (Å²) in [4.78, 5) is 4.19. The zero-order chi connectivity index (χ0) is 11.4. The van der Waals surface area contributed by atoms with Gasteiger partial charge in [-0.05, 0) is 49.0 Å². The molecule has 1 aromatic heterocycles. The number of pyridine rings is 1. The lowest BCUT2D eigenvalue weighted by Crippen LogP contribution is -1.97. The number of aromatic nitrogens is 1. The van der Waals surface area contributed by atoms with Crippen LogP contribution in [0.2, 0.25) is 0 Å². The lowest BCUT2D eigenvalue weighted by atomic mass is 9.88. The van der Waals surface area contributed by atoms with Crippen LogP contribution in [-0.2, 0) is 0 Å². The molecule has 0 aliphatic heterocycles. The van der Waals surface area contributed by atoms with Crippen LogP contribution in [0.25, 0.3) is 5.57 Å². The van der Waals surface area contributed by atoms with Crippen LogP contribution in [0, 0.1) is 0 Å². The molecule has 0 radical (unpaired) electrons. The van der Waals surface area contributed by atoms with E-state index in [4.69, 9.17) is 0 Å². The molecule has 84 valence electrons. The quantitative estimate of drug-likeness (QED) is 0.726. The Hall–Kier alpha value is -1.37. The van der Waals surface area contributed by atoms with Gasteiger partial charge in [0.05, 0.1) is 0 Å². The molecule has 1 nitrogen and oxygen atoms in total. The van der Waals surface area contributed by atoms with Crippen LogP contribution >= 0.6 is 0 Å². The van der Waals surface area contributed by atoms with Crippen molar-refractivity contribution in [1.82, 2.24) is 4.98 Å². The Morgan fingerprint density at radius 2 is 2.19 bits per heavy atom. The third kappa shape index (κ3) is 2.41. The van der Waals surface area contributed by atoms with Gasteiger partial charge in [-0.1, -0.05) is 31.1 Å². The first-order valence-corrected chi connectivity index (χ1v) is 6.11. The van der Waals surface area contributed by atoms with Gasteiger partial charge in [0.25, 0.3) is 0 Å². The maximum absolute atomic E-state index is 4.19. The molecule has 0 bridgehead atoms. The highest BCUT2D eigenvalue weighted by atomic mass is 14.6. The van der Waals surface area contributed by atoms with Crippen LogP contribution in [0.1, 0.15) is 45.1 Å². The molecule has 2 rings (SSSR count). The third-order valence-electron chi connectivity index (χ3n) is 3.22. The smallest absolute Gasteiger partial charge is 0.0343 e. The lowest BCUT2D eigenvalue weighted by Gasteiger charge is -2.17. The van der Waals surface area contributed by atoms with Crippen LogP contribution in [0.5, 0.6) is 0 Å². The van der Waals surface area contributed by atoms with E-state index in [-0.39, 0.29) is 0 Å². The molecule has 1 aliphatic rings. The normalized spacial score (nSPS) is 16.2. The Bertz CT molecular complexity index is 412. The number of rotatable bonds is 3. The Labute approximate surface area is 97.9 Å². The van der Waals surface area contributed by atoms with Gasteiger partial charge in [-0.2, -0.15) is 0 Å². The largest absolute Gasteiger partial charge is 0.264 e. The molecule has 1 heteroatoms. The summed E-state index contributed by atoms with van der Waals surface area (Å²) in [6.07, 6.45) is 11.0. The predicted octanol–water partition coefficient (Wildman–Crippen LogP) is 4.38. The molecular formula is C15H19N. The highest BCUT2D eigenvalue weighted by molar-refractivity contribution is 5.69. The van der Waals surface area contributed by atoms with E-state index in [1.807, 2.05) is 18.5 Å². The summed E-state index contributed by atoms with van der Waals surface area (Å²) in [7, 11) is 0. The van der Waals surface area contributed by atoms with Crippen molar-refractivity contribution in [2.45, 2.75) is 39.5 Å². The van der Waals surface area contributed by atoms with Gasteiger partial charge in [-0.3, -0.25) is 4.98 Å². The Balaban J connectivity index is 2.28. The summed E-state index contributed by atoms with van der Waals surface area (Å²) < 4.78 is 0. The van der Waals surface area contributed by atoms with E-state index >= 15 is 0 Å². The summed E-state index contributed by atoms with van der Waals surface area (Å²) >= 11 is 0. The molecule has 0 saturated heterocycles. The molecule has 0 unspecified atom stereocenters. The van der Waals surface area contributed by atoms with Gasteiger partial charge in [0.15, 0.2) is 0 Å². The minimum Gasteiger partial charge on any atom is -0.264 e. The summed E-state index contributed by atoms with van der Waals surface area (Å²) in [5.74, 6) is 0. The molecule has 0 aromatic carbocycles. The van der Waals surface area contributed by atoms with Crippen molar-refractivity contribution in [2.24, 2.45) is 0 Å². The predicted molar refractivity (Wildman–Crippen MR) is 69.1 cm³/mol. The summed E-state index contributed by atoms with van der Waals surface area (Å²) in [5.41, 5.74) is 5.83. The van der Waals surface area contributed by atoms with Crippen LogP contribution in [0.15, 0.2) is 41.7 Å². The van der Waals surface area contributed by atoms with Crippen LogP contribution in [0.4, 0.5) is 0 Å². The number of hydrogen-bond acceptors (Lipinski definition) is 1. The molecule has 0 amide bonds. The topological polar surface area (TPSA) is 12.9 Å². The maximum Gasteiger partial charge on any atom is 0.0343 e. The highest BCUT2D eigenvalue weighted by Gasteiger charge is 2.11. The van der Waals surface area contributed by atoms with E-state index in [1.54, 1.807) is 5.57 Å². The third-order valence-corrected chi connectivity index (χ3v) is 3.22. The number of allylic oxidation sites excluding steroid dienone is 4. The van der Waals surface area contributed by atoms with E-state index in [1.165, 1.54) is 36.0 Å². The molecule has 0 saturated carbocycles. The molecule has 0 spiro atoms. The second-order valence-electron chi connectivity index (χ2n) is 4.47. The fraction of sp³-hybridized carbons (Fsp3) is 0.400. The fourth-order valence-electron chi connectivity index (χ4n) is 2.22. The Morgan fingerprint density at radius 1 is 1.31 bits per heavy atom. The lowest BCUT2D eigenvalue weighted by molar-refractivity contribution is 0.865. The molecular weight excluding hydrogens is 194 g/mol. The molecule has 1 heterocycles. The zero-order valence-corrected chi connectivity index (χ0v) is 10.2. The second kappa shape index (κ2) is 5.11. The standard InChI is InChI=1S/C15H19N/c1-3-5-13-10-14(8-7-12(13)2)15-6-4-9-16-11-15/h4,6,9-11H,3,5,7-8H2,1-2H3. The van der Waals surface area contributed by atoms with Crippen molar-refractivity contribution in [3.05, 3.63) is 47.3 Å². The number of hydrogen-bond donors (Lipinski definition) is 0. The van der Waals surface area contributed by atoms with E-state index in [2.05, 4.69) is 31.0 Å². The van der Waals surface area contributed by atoms with Crippen LogP contribution in [-0.4, -0.2) is 4.98 Å². The van der Waals surface area contributed by atoms with Crippen molar-refractivity contribution in [3.63, 3.8) is 0 Å². The van der Waals surface area contributed by atoms with E-state index in [0.29, 0.717) is 0 Å². The first kappa shape index (κ1) is 11.1. The minimum atomic E-state index is 1.16. The summed E-state index contributed by atoms with van der Waals surface area (Å²) in [5, 5.41) is 0. The number of nitrogens with zero attached hydrogens (tertiary/aromatic N) is 1. The molecule has 16 heavy (non-hydrogen) atoms. The Kier molecular flexibility index (Phi) is 3.55. The average Bonchev–Trinajstić information content (AvgIpc) is 2.33. The summed E-state index contributed by atoms with van der Waals surface area (Å²) in [6, 6.07) is 4.17. The zero-order valence-electron chi connectivity index (χ0n) is 10.2. The highest BCUT2D eigenvalue weighted by Crippen LogP contribution is 2.31. The van der Waals surface area contributed by atoms with Crippen molar-refractivity contribution >= 4 is 5.57 Å². The SMILES string of the molecule is CCCC1=C(C)CCC(c2cccnc2)=C1. The van der Waals surface area contributed by atoms with Crippen molar-refractivity contribution < 1.29 is 0 Å². The first-order chi connectivity index (χ1) is 7.81. The van der Waals surface area contributed by atoms with Gasteiger partial charge in [0.2, 0.25) is 0 Å². The summed E-state index contributed by atoms with van der Waals surface area (Å²) in [6.45, 7) is 4.51. The van der Waals surface area contributed by atoms with E-state index in [0.717, 1.165) is 6.42 Å². The Morgan fingerprint density at radius 3 is 2.88 bits per heavy atom. The van der Waals surface area contributed by atoms with E-state index in [9.17, 15) is 0 Å².